The summed E-state index contributed by atoms with van der Waals surface area (Å²) in [6, 6.07) is 37.7. The fourth-order valence-electron chi connectivity index (χ4n) is 5.52. The van der Waals surface area contributed by atoms with Gasteiger partial charge in [0, 0.05) is 21.8 Å². The third-order valence-corrected chi connectivity index (χ3v) is 6.97. The standard InChI is InChI=1S/C30H20BNO2/c33-31(34)19-14-17-28-27(18-19)26-16-15-25-23-12-5-4-10-21(23)22-11-6-7-13-24(22)29(25)30(26)32(28)20-8-2-1-3-9-20/h1-18,33-34H. The number of fused-ring (bicyclic) bond motifs is 10. The van der Waals surface area contributed by atoms with Gasteiger partial charge >= 0.3 is 7.12 Å². The van der Waals surface area contributed by atoms with Crippen molar-refractivity contribution < 1.29 is 10.0 Å². The van der Waals surface area contributed by atoms with Crippen LogP contribution in [0.3, 0.4) is 0 Å². The third kappa shape index (κ3) is 2.61. The van der Waals surface area contributed by atoms with Crippen LogP contribution in [0, 0.1) is 0 Å². The highest BCUT2D eigenvalue weighted by Crippen LogP contribution is 2.42. The van der Waals surface area contributed by atoms with E-state index >= 15 is 0 Å². The second kappa shape index (κ2) is 7.19. The van der Waals surface area contributed by atoms with Crippen LogP contribution in [-0.4, -0.2) is 21.7 Å². The lowest BCUT2D eigenvalue weighted by atomic mass is 9.80. The maximum Gasteiger partial charge on any atom is 0.488 e. The molecule has 0 bridgehead atoms. The molecule has 0 unspecified atom stereocenters. The third-order valence-electron chi connectivity index (χ3n) is 6.97. The molecule has 0 aliphatic rings. The molecule has 4 heteroatoms. The second-order valence-corrected chi connectivity index (χ2v) is 8.80. The number of benzene rings is 6. The van der Waals surface area contributed by atoms with Crippen molar-refractivity contribution in [3.8, 4) is 5.69 Å². The Morgan fingerprint density at radius 2 is 1.06 bits per heavy atom. The van der Waals surface area contributed by atoms with E-state index in [9.17, 15) is 10.0 Å². The first-order chi connectivity index (χ1) is 16.7. The van der Waals surface area contributed by atoms with Gasteiger partial charge in [-0.1, -0.05) is 91.0 Å². The summed E-state index contributed by atoms with van der Waals surface area (Å²) in [4.78, 5) is 0. The van der Waals surface area contributed by atoms with Crippen LogP contribution in [0.2, 0.25) is 0 Å². The predicted molar refractivity (Wildman–Crippen MR) is 143 cm³/mol. The summed E-state index contributed by atoms with van der Waals surface area (Å²) >= 11 is 0. The van der Waals surface area contributed by atoms with Crippen molar-refractivity contribution in [3.05, 3.63) is 109 Å². The molecule has 6 aromatic carbocycles. The molecule has 0 saturated carbocycles. The van der Waals surface area contributed by atoms with Crippen molar-refractivity contribution in [2.45, 2.75) is 0 Å². The van der Waals surface area contributed by atoms with Crippen LogP contribution in [0.5, 0.6) is 0 Å². The molecule has 34 heavy (non-hydrogen) atoms. The minimum atomic E-state index is -1.51. The molecule has 3 nitrogen and oxygen atoms in total. The van der Waals surface area contributed by atoms with Gasteiger partial charge in [0.2, 0.25) is 0 Å². The molecular formula is C30H20BNO2. The average molecular weight is 437 g/mol. The molecule has 0 saturated heterocycles. The molecule has 1 aromatic heterocycles. The van der Waals surface area contributed by atoms with Crippen LogP contribution < -0.4 is 5.46 Å². The molecule has 0 aliphatic carbocycles. The van der Waals surface area contributed by atoms with E-state index in [0.717, 1.165) is 27.5 Å². The van der Waals surface area contributed by atoms with Gasteiger partial charge in [0.15, 0.2) is 0 Å². The van der Waals surface area contributed by atoms with Crippen molar-refractivity contribution in [2.24, 2.45) is 0 Å². The minimum Gasteiger partial charge on any atom is -0.423 e. The summed E-state index contributed by atoms with van der Waals surface area (Å²) < 4.78 is 2.31. The molecule has 0 aliphatic heterocycles. The van der Waals surface area contributed by atoms with Crippen LogP contribution in [0.15, 0.2) is 109 Å². The predicted octanol–water partition coefficient (Wildman–Crippen LogP) is 5.92. The number of para-hydroxylation sites is 1. The van der Waals surface area contributed by atoms with Gasteiger partial charge in [-0.2, -0.15) is 0 Å². The molecule has 2 N–H and O–H groups in total. The topological polar surface area (TPSA) is 45.4 Å². The highest BCUT2D eigenvalue weighted by molar-refractivity contribution is 6.59. The van der Waals surface area contributed by atoms with Crippen molar-refractivity contribution in [3.63, 3.8) is 0 Å². The van der Waals surface area contributed by atoms with Gasteiger partial charge in [-0.15, -0.1) is 0 Å². The summed E-state index contributed by atoms with van der Waals surface area (Å²) in [5.41, 5.74) is 3.73. The van der Waals surface area contributed by atoms with Gasteiger partial charge in [0.1, 0.15) is 0 Å². The summed E-state index contributed by atoms with van der Waals surface area (Å²) in [5, 5.41) is 29.2. The van der Waals surface area contributed by atoms with Gasteiger partial charge in [-0.3, -0.25) is 0 Å². The van der Waals surface area contributed by atoms with E-state index in [1.54, 1.807) is 6.07 Å². The number of hydrogen-bond acceptors (Lipinski definition) is 2. The average Bonchev–Trinajstić information content (AvgIpc) is 3.23. The largest absolute Gasteiger partial charge is 0.488 e. The Hall–Kier alpha value is -4.12. The zero-order valence-electron chi connectivity index (χ0n) is 18.3. The molecule has 160 valence electrons. The molecule has 1 heterocycles. The van der Waals surface area contributed by atoms with Crippen molar-refractivity contribution in [2.75, 3.05) is 0 Å². The van der Waals surface area contributed by atoms with E-state index in [-0.39, 0.29) is 0 Å². The molecule has 7 rings (SSSR count). The number of hydrogen-bond donors (Lipinski definition) is 2. The Bertz CT molecular complexity index is 1850. The SMILES string of the molecule is OB(O)c1ccc2c(c1)c1ccc3c4ccccc4c4ccccc4c3c1n2-c1ccccc1. The maximum absolute atomic E-state index is 9.86. The van der Waals surface area contributed by atoms with Crippen LogP contribution in [-0.2, 0) is 0 Å². The fourth-order valence-corrected chi connectivity index (χ4v) is 5.52. The van der Waals surface area contributed by atoms with Gasteiger partial charge in [-0.25, -0.2) is 0 Å². The highest BCUT2D eigenvalue weighted by atomic mass is 16.4. The Kier molecular flexibility index (Phi) is 4.10. The number of nitrogens with zero attached hydrogens (tertiary/aromatic N) is 1. The molecule has 0 atom stereocenters. The Morgan fingerprint density at radius 3 is 1.74 bits per heavy atom. The smallest absolute Gasteiger partial charge is 0.423 e. The van der Waals surface area contributed by atoms with Gasteiger partial charge < -0.3 is 14.6 Å². The zero-order valence-corrected chi connectivity index (χ0v) is 18.3. The molecule has 0 spiro atoms. The Balaban J connectivity index is 1.81. The molecule has 0 amide bonds. The Morgan fingerprint density at radius 1 is 0.500 bits per heavy atom. The molecular weight excluding hydrogens is 417 g/mol. The van der Waals surface area contributed by atoms with Crippen molar-refractivity contribution >= 4 is 66.7 Å². The minimum absolute atomic E-state index is 0.489. The maximum atomic E-state index is 9.86. The zero-order chi connectivity index (χ0) is 22.8. The lowest BCUT2D eigenvalue weighted by molar-refractivity contribution is 0.426. The first kappa shape index (κ1) is 19.4. The van der Waals surface area contributed by atoms with Crippen LogP contribution >= 0.6 is 0 Å². The second-order valence-electron chi connectivity index (χ2n) is 8.80. The van der Waals surface area contributed by atoms with Crippen molar-refractivity contribution in [1.82, 2.24) is 4.57 Å². The monoisotopic (exact) mass is 437 g/mol. The number of aromatic nitrogens is 1. The first-order valence-electron chi connectivity index (χ1n) is 11.4. The van der Waals surface area contributed by atoms with E-state index < -0.39 is 7.12 Å². The molecule has 0 fully saturated rings. The van der Waals surface area contributed by atoms with Crippen LogP contribution in [0.25, 0.3) is 59.8 Å². The van der Waals surface area contributed by atoms with Crippen molar-refractivity contribution in [1.29, 1.82) is 0 Å². The normalized spacial score (nSPS) is 11.8. The summed E-state index contributed by atoms with van der Waals surface area (Å²) in [6.07, 6.45) is 0. The van der Waals surface area contributed by atoms with E-state index in [2.05, 4.69) is 89.5 Å². The lowest BCUT2D eigenvalue weighted by Crippen LogP contribution is -2.29. The van der Waals surface area contributed by atoms with Crippen LogP contribution in [0.4, 0.5) is 0 Å². The molecule has 7 aromatic rings. The summed E-state index contributed by atoms with van der Waals surface area (Å²) in [6.45, 7) is 0. The lowest BCUT2D eigenvalue weighted by Gasteiger charge is -2.14. The van der Waals surface area contributed by atoms with Gasteiger partial charge in [0.25, 0.3) is 0 Å². The fraction of sp³-hybridized carbons (Fsp3) is 0. The summed E-state index contributed by atoms with van der Waals surface area (Å²) in [5.74, 6) is 0. The Labute approximate surface area is 196 Å². The van der Waals surface area contributed by atoms with Crippen LogP contribution in [0.1, 0.15) is 0 Å². The number of rotatable bonds is 2. The first-order valence-corrected chi connectivity index (χ1v) is 11.4. The van der Waals surface area contributed by atoms with Gasteiger partial charge in [0.05, 0.1) is 11.0 Å². The summed E-state index contributed by atoms with van der Waals surface area (Å²) in [7, 11) is -1.51. The molecule has 0 radical (unpaired) electrons. The van der Waals surface area contributed by atoms with E-state index in [4.69, 9.17) is 0 Å². The van der Waals surface area contributed by atoms with E-state index in [1.807, 2.05) is 18.2 Å². The highest BCUT2D eigenvalue weighted by Gasteiger charge is 2.20. The van der Waals surface area contributed by atoms with E-state index in [1.165, 1.54) is 32.3 Å². The van der Waals surface area contributed by atoms with E-state index in [0.29, 0.717) is 5.46 Å². The quantitative estimate of drug-likeness (QED) is 0.260. The van der Waals surface area contributed by atoms with Gasteiger partial charge in [-0.05, 0) is 50.6 Å².